The summed E-state index contributed by atoms with van der Waals surface area (Å²) in [6.07, 6.45) is -0.174. The van der Waals surface area contributed by atoms with E-state index in [9.17, 15) is 9.50 Å². The van der Waals surface area contributed by atoms with E-state index in [4.69, 9.17) is 4.74 Å². The van der Waals surface area contributed by atoms with Crippen LogP contribution in [-0.2, 0) is 6.42 Å². The summed E-state index contributed by atoms with van der Waals surface area (Å²) >= 11 is 0. The Hall–Kier alpha value is -1.87. The highest BCUT2D eigenvalue weighted by molar-refractivity contribution is 5.35. The first-order valence-electron chi connectivity index (χ1n) is 6.59. The van der Waals surface area contributed by atoms with Gasteiger partial charge in [0, 0.05) is 6.42 Å². The van der Waals surface area contributed by atoms with E-state index in [1.54, 1.807) is 12.1 Å². The maximum Gasteiger partial charge on any atom is 0.165 e. The first-order valence-corrected chi connectivity index (χ1v) is 6.59. The van der Waals surface area contributed by atoms with Crippen LogP contribution in [0.3, 0.4) is 0 Å². The maximum atomic E-state index is 13.4. The van der Waals surface area contributed by atoms with Crippen molar-refractivity contribution in [2.75, 3.05) is 7.11 Å². The number of hydrogen-bond acceptors (Lipinski definition) is 2. The molecule has 0 aliphatic heterocycles. The first-order chi connectivity index (χ1) is 9.51. The molecule has 0 saturated heterocycles. The highest BCUT2D eigenvalue weighted by Crippen LogP contribution is 2.26. The van der Waals surface area contributed by atoms with Crippen LogP contribution in [0.1, 0.15) is 28.4 Å². The lowest BCUT2D eigenvalue weighted by molar-refractivity contribution is 0.177. The van der Waals surface area contributed by atoms with Crippen LogP contribution in [0.5, 0.6) is 5.75 Å². The van der Waals surface area contributed by atoms with Gasteiger partial charge in [-0.15, -0.1) is 0 Å². The number of hydrogen-bond donors (Lipinski definition) is 1. The number of benzene rings is 2. The van der Waals surface area contributed by atoms with Crippen molar-refractivity contribution in [3.63, 3.8) is 0 Å². The van der Waals surface area contributed by atoms with Gasteiger partial charge in [0.05, 0.1) is 13.2 Å². The molecule has 0 radical (unpaired) electrons. The Labute approximate surface area is 118 Å². The fourth-order valence-corrected chi connectivity index (χ4v) is 2.23. The van der Waals surface area contributed by atoms with Gasteiger partial charge in [0.1, 0.15) is 0 Å². The van der Waals surface area contributed by atoms with Crippen molar-refractivity contribution in [3.8, 4) is 5.75 Å². The Balaban J connectivity index is 2.23. The van der Waals surface area contributed by atoms with Crippen molar-refractivity contribution >= 4 is 0 Å². The quantitative estimate of drug-likeness (QED) is 0.920. The highest BCUT2D eigenvalue weighted by atomic mass is 19.1. The van der Waals surface area contributed by atoms with Crippen LogP contribution in [0.2, 0.25) is 0 Å². The van der Waals surface area contributed by atoms with Gasteiger partial charge in [-0.3, -0.25) is 0 Å². The lowest BCUT2D eigenvalue weighted by atomic mass is 9.96. The van der Waals surface area contributed by atoms with Crippen molar-refractivity contribution in [1.29, 1.82) is 0 Å². The fourth-order valence-electron chi connectivity index (χ4n) is 2.23. The molecule has 0 aliphatic rings. The molecule has 0 aromatic heterocycles. The van der Waals surface area contributed by atoms with Gasteiger partial charge in [0.15, 0.2) is 11.6 Å². The summed E-state index contributed by atoms with van der Waals surface area (Å²) in [7, 11) is 1.42. The predicted molar refractivity (Wildman–Crippen MR) is 77.5 cm³/mol. The number of halogens is 1. The second-order valence-corrected chi connectivity index (χ2v) is 5.04. The zero-order chi connectivity index (χ0) is 14.7. The zero-order valence-corrected chi connectivity index (χ0v) is 12.0. The third kappa shape index (κ3) is 3.17. The molecule has 0 amide bonds. The smallest absolute Gasteiger partial charge is 0.165 e. The predicted octanol–water partition coefficient (Wildman–Crippen LogP) is 3.73. The molecule has 0 saturated carbocycles. The molecular formula is C17H19FO2. The molecule has 1 atom stereocenters. The van der Waals surface area contributed by atoms with E-state index in [0.717, 1.165) is 16.7 Å². The van der Waals surface area contributed by atoms with Crippen LogP contribution < -0.4 is 4.74 Å². The van der Waals surface area contributed by atoms with E-state index < -0.39 is 11.9 Å². The largest absolute Gasteiger partial charge is 0.494 e. The Morgan fingerprint density at radius 3 is 2.60 bits per heavy atom. The van der Waals surface area contributed by atoms with E-state index in [1.807, 2.05) is 26.0 Å². The van der Waals surface area contributed by atoms with Crippen LogP contribution in [-0.4, -0.2) is 12.2 Å². The normalized spacial score (nSPS) is 12.2. The molecule has 3 heteroatoms. The SMILES string of the molecule is COc1cc(C(O)Cc2cc(C)ccc2C)ccc1F. The summed E-state index contributed by atoms with van der Waals surface area (Å²) in [5.41, 5.74) is 4.06. The van der Waals surface area contributed by atoms with E-state index in [-0.39, 0.29) is 5.75 Å². The van der Waals surface area contributed by atoms with Crippen molar-refractivity contribution in [2.24, 2.45) is 0 Å². The minimum Gasteiger partial charge on any atom is -0.494 e. The van der Waals surface area contributed by atoms with Gasteiger partial charge >= 0.3 is 0 Å². The molecule has 20 heavy (non-hydrogen) atoms. The molecule has 0 fully saturated rings. The summed E-state index contributed by atoms with van der Waals surface area (Å²) in [6, 6.07) is 10.6. The number of methoxy groups -OCH3 is 1. The second kappa shape index (κ2) is 6.06. The lowest BCUT2D eigenvalue weighted by Crippen LogP contribution is -2.04. The molecular weight excluding hydrogens is 255 g/mol. The van der Waals surface area contributed by atoms with Crippen molar-refractivity contribution in [3.05, 3.63) is 64.5 Å². The van der Waals surface area contributed by atoms with Crippen LogP contribution in [0, 0.1) is 19.7 Å². The van der Waals surface area contributed by atoms with E-state index in [0.29, 0.717) is 12.0 Å². The van der Waals surface area contributed by atoms with Crippen LogP contribution in [0.4, 0.5) is 4.39 Å². The summed E-state index contributed by atoms with van der Waals surface area (Å²) in [5, 5.41) is 10.3. The maximum absolute atomic E-state index is 13.4. The van der Waals surface area contributed by atoms with E-state index >= 15 is 0 Å². The Bertz CT molecular complexity index is 608. The van der Waals surface area contributed by atoms with Crippen molar-refractivity contribution in [1.82, 2.24) is 0 Å². The molecule has 0 spiro atoms. The number of aliphatic hydroxyl groups is 1. The van der Waals surface area contributed by atoms with Gasteiger partial charge < -0.3 is 9.84 Å². The molecule has 2 aromatic carbocycles. The summed E-state index contributed by atoms with van der Waals surface area (Å²) in [5.74, 6) is -0.266. The van der Waals surface area contributed by atoms with Gasteiger partial charge in [0.2, 0.25) is 0 Å². The Kier molecular flexibility index (Phi) is 4.40. The summed E-state index contributed by atoms with van der Waals surface area (Å²) in [6.45, 7) is 4.04. The standard InChI is InChI=1S/C17H19FO2/c1-11-4-5-12(2)14(8-11)9-16(19)13-6-7-15(18)17(10-13)20-3/h4-8,10,16,19H,9H2,1-3H3. The molecule has 0 heterocycles. The average molecular weight is 274 g/mol. The van der Waals surface area contributed by atoms with Gasteiger partial charge in [-0.1, -0.05) is 29.8 Å². The number of ether oxygens (including phenoxy) is 1. The van der Waals surface area contributed by atoms with Gasteiger partial charge in [-0.25, -0.2) is 4.39 Å². The third-order valence-electron chi connectivity index (χ3n) is 3.48. The minimum atomic E-state index is -0.676. The van der Waals surface area contributed by atoms with Crippen LogP contribution in [0.25, 0.3) is 0 Å². The molecule has 2 nitrogen and oxygen atoms in total. The van der Waals surface area contributed by atoms with Gasteiger partial charge in [-0.05, 0) is 42.7 Å². The first kappa shape index (κ1) is 14.5. The monoisotopic (exact) mass is 274 g/mol. The summed E-state index contributed by atoms with van der Waals surface area (Å²) in [4.78, 5) is 0. The number of aryl methyl sites for hydroxylation is 2. The lowest BCUT2D eigenvalue weighted by Gasteiger charge is -2.14. The minimum absolute atomic E-state index is 0.155. The third-order valence-corrected chi connectivity index (χ3v) is 3.48. The molecule has 1 unspecified atom stereocenters. The summed E-state index contributed by atoms with van der Waals surface area (Å²) < 4.78 is 18.3. The average Bonchev–Trinajstić information content (AvgIpc) is 2.43. The van der Waals surface area contributed by atoms with Gasteiger partial charge in [0.25, 0.3) is 0 Å². The molecule has 2 rings (SSSR count). The molecule has 2 aromatic rings. The van der Waals surface area contributed by atoms with Crippen LogP contribution in [0.15, 0.2) is 36.4 Å². The van der Waals surface area contributed by atoms with E-state index in [1.165, 1.54) is 13.2 Å². The molecule has 0 aliphatic carbocycles. The molecule has 0 bridgehead atoms. The van der Waals surface area contributed by atoms with E-state index in [2.05, 4.69) is 6.07 Å². The highest BCUT2D eigenvalue weighted by Gasteiger charge is 2.13. The number of rotatable bonds is 4. The van der Waals surface area contributed by atoms with Crippen molar-refractivity contribution < 1.29 is 14.2 Å². The fraction of sp³-hybridized carbons (Fsp3) is 0.294. The zero-order valence-electron chi connectivity index (χ0n) is 12.0. The second-order valence-electron chi connectivity index (χ2n) is 5.04. The van der Waals surface area contributed by atoms with Crippen molar-refractivity contribution in [2.45, 2.75) is 26.4 Å². The Morgan fingerprint density at radius 2 is 1.90 bits per heavy atom. The van der Waals surface area contributed by atoms with Crippen LogP contribution >= 0.6 is 0 Å². The molecule has 1 N–H and O–H groups in total. The van der Waals surface area contributed by atoms with Gasteiger partial charge in [-0.2, -0.15) is 0 Å². The number of aliphatic hydroxyl groups excluding tert-OH is 1. The topological polar surface area (TPSA) is 29.5 Å². The Morgan fingerprint density at radius 1 is 1.15 bits per heavy atom. The molecule has 106 valence electrons.